The zero-order valence-electron chi connectivity index (χ0n) is 9.97. The van der Waals surface area contributed by atoms with Crippen molar-refractivity contribution in [2.75, 3.05) is 6.61 Å². The number of aromatic amines is 1. The smallest absolute Gasteiger partial charge is 0.258 e. The lowest BCUT2D eigenvalue weighted by atomic mass is 10.1. The van der Waals surface area contributed by atoms with E-state index in [0.29, 0.717) is 18.6 Å². The second-order valence-corrected chi connectivity index (χ2v) is 3.73. The van der Waals surface area contributed by atoms with Crippen LogP contribution < -0.4 is 10.3 Å². The molecule has 0 saturated carbocycles. The number of hydrogen-bond acceptors (Lipinski definition) is 3. The van der Waals surface area contributed by atoms with Crippen LogP contribution in [0.25, 0.3) is 11.3 Å². The summed E-state index contributed by atoms with van der Waals surface area (Å²) in [6.07, 6.45) is 0.542. The SMILES string of the molecule is CCOc1ccc(-c2ccc(C=O)c(=O)[nH]2)cc1. The monoisotopic (exact) mass is 243 g/mol. The van der Waals surface area contributed by atoms with Crippen LogP contribution in [0.5, 0.6) is 5.75 Å². The summed E-state index contributed by atoms with van der Waals surface area (Å²) in [6.45, 7) is 2.54. The Hall–Kier alpha value is -2.36. The van der Waals surface area contributed by atoms with Crippen LogP contribution in [0.4, 0.5) is 0 Å². The fourth-order valence-corrected chi connectivity index (χ4v) is 1.64. The summed E-state index contributed by atoms with van der Waals surface area (Å²) in [4.78, 5) is 24.7. The number of pyridine rings is 1. The third kappa shape index (κ3) is 2.48. The van der Waals surface area contributed by atoms with Gasteiger partial charge < -0.3 is 9.72 Å². The Kier molecular flexibility index (Phi) is 3.57. The van der Waals surface area contributed by atoms with E-state index in [1.165, 1.54) is 6.07 Å². The summed E-state index contributed by atoms with van der Waals surface area (Å²) in [5.41, 5.74) is 1.29. The number of carbonyl (C=O) groups is 1. The minimum absolute atomic E-state index is 0.129. The van der Waals surface area contributed by atoms with Gasteiger partial charge in [-0.15, -0.1) is 0 Å². The first kappa shape index (κ1) is 12.1. The van der Waals surface area contributed by atoms with E-state index in [4.69, 9.17) is 4.74 Å². The van der Waals surface area contributed by atoms with Gasteiger partial charge in [-0.25, -0.2) is 0 Å². The summed E-state index contributed by atoms with van der Waals surface area (Å²) in [6, 6.07) is 10.6. The molecule has 0 radical (unpaired) electrons. The molecule has 0 fully saturated rings. The normalized spacial score (nSPS) is 10.1. The van der Waals surface area contributed by atoms with E-state index >= 15 is 0 Å². The van der Waals surface area contributed by atoms with Crippen LogP contribution in [0.3, 0.4) is 0 Å². The molecule has 0 unspecified atom stereocenters. The van der Waals surface area contributed by atoms with Crippen LogP contribution in [0.2, 0.25) is 0 Å². The number of benzene rings is 1. The van der Waals surface area contributed by atoms with Gasteiger partial charge >= 0.3 is 0 Å². The minimum Gasteiger partial charge on any atom is -0.494 e. The molecule has 0 amide bonds. The summed E-state index contributed by atoms with van der Waals surface area (Å²) < 4.78 is 5.34. The lowest BCUT2D eigenvalue weighted by Crippen LogP contribution is -2.11. The predicted octanol–water partition coefficient (Wildman–Crippen LogP) is 2.25. The van der Waals surface area contributed by atoms with E-state index in [9.17, 15) is 9.59 Å². The molecule has 0 atom stereocenters. The number of aromatic nitrogens is 1. The Morgan fingerprint density at radius 1 is 1.17 bits per heavy atom. The molecule has 1 aromatic carbocycles. The molecule has 0 saturated heterocycles. The van der Waals surface area contributed by atoms with Crippen LogP contribution in [0, 0.1) is 0 Å². The van der Waals surface area contributed by atoms with Gasteiger partial charge in [-0.1, -0.05) is 0 Å². The molecule has 0 aliphatic rings. The Morgan fingerprint density at radius 2 is 1.89 bits per heavy atom. The van der Waals surface area contributed by atoms with E-state index in [-0.39, 0.29) is 11.1 Å². The molecule has 0 bridgehead atoms. The highest BCUT2D eigenvalue weighted by Gasteiger charge is 2.02. The molecule has 0 spiro atoms. The zero-order valence-corrected chi connectivity index (χ0v) is 9.97. The predicted molar refractivity (Wildman–Crippen MR) is 69.1 cm³/mol. The van der Waals surface area contributed by atoms with Gasteiger partial charge in [0.1, 0.15) is 5.75 Å². The standard InChI is InChI=1S/C14H13NO3/c1-2-18-12-6-3-10(4-7-12)13-8-5-11(9-16)14(17)15-13/h3-9H,2H2,1H3,(H,15,17). The van der Waals surface area contributed by atoms with Crippen molar-refractivity contribution in [3.63, 3.8) is 0 Å². The highest BCUT2D eigenvalue weighted by atomic mass is 16.5. The van der Waals surface area contributed by atoms with Crippen LogP contribution in [0.1, 0.15) is 17.3 Å². The van der Waals surface area contributed by atoms with Gasteiger partial charge in [0.05, 0.1) is 12.2 Å². The van der Waals surface area contributed by atoms with Gasteiger partial charge in [0.2, 0.25) is 0 Å². The quantitative estimate of drug-likeness (QED) is 0.838. The summed E-state index contributed by atoms with van der Waals surface area (Å²) in [7, 11) is 0. The number of carbonyl (C=O) groups excluding carboxylic acids is 1. The molecule has 2 rings (SSSR count). The number of rotatable bonds is 4. The second-order valence-electron chi connectivity index (χ2n) is 3.73. The van der Waals surface area contributed by atoms with Gasteiger partial charge in [-0.3, -0.25) is 9.59 Å². The minimum atomic E-state index is -0.378. The average molecular weight is 243 g/mol. The molecule has 92 valence electrons. The van der Waals surface area contributed by atoms with Crippen molar-refractivity contribution in [3.05, 3.63) is 52.3 Å². The first-order valence-corrected chi connectivity index (χ1v) is 5.66. The fourth-order valence-electron chi connectivity index (χ4n) is 1.64. The average Bonchev–Trinajstić information content (AvgIpc) is 2.40. The summed E-state index contributed by atoms with van der Waals surface area (Å²) >= 11 is 0. The number of hydrogen-bond donors (Lipinski definition) is 1. The van der Waals surface area contributed by atoms with Crippen molar-refractivity contribution in [2.24, 2.45) is 0 Å². The highest BCUT2D eigenvalue weighted by Crippen LogP contribution is 2.19. The van der Waals surface area contributed by atoms with Crippen LogP contribution in [-0.2, 0) is 0 Å². The Morgan fingerprint density at radius 3 is 2.44 bits per heavy atom. The summed E-state index contributed by atoms with van der Waals surface area (Å²) in [5.74, 6) is 0.785. The Labute approximate surface area is 104 Å². The third-order valence-corrected chi connectivity index (χ3v) is 2.54. The van der Waals surface area contributed by atoms with Crippen LogP contribution in [0.15, 0.2) is 41.2 Å². The maximum atomic E-state index is 11.5. The summed E-state index contributed by atoms with van der Waals surface area (Å²) in [5, 5.41) is 0. The van der Waals surface area contributed by atoms with Gasteiger partial charge in [-0.2, -0.15) is 0 Å². The van der Waals surface area contributed by atoms with E-state index in [1.54, 1.807) is 6.07 Å². The Balaban J connectivity index is 2.34. The first-order valence-electron chi connectivity index (χ1n) is 5.66. The zero-order chi connectivity index (χ0) is 13.0. The molecule has 2 aromatic rings. The lowest BCUT2D eigenvalue weighted by molar-refractivity contribution is 0.112. The maximum Gasteiger partial charge on any atom is 0.258 e. The van der Waals surface area contributed by atoms with Crippen molar-refractivity contribution < 1.29 is 9.53 Å². The van der Waals surface area contributed by atoms with Crippen LogP contribution in [-0.4, -0.2) is 17.9 Å². The third-order valence-electron chi connectivity index (χ3n) is 2.54. The molecule has 4 heteroatoms. The number of ether oxygens (including phenoxy) is 1. The molecule has 0 aliphatic heterocycles. The van der Waals surface area contributed by atoms with E-state index in [0.717, 1.165) is 11.3 Å². The lowest BCUT2D eigenvalue weighted by Gasteiger charge is -2.05. The number of aldehydes is 1. The van der Waals surface area contributed by atoms with Gasteiger partial charge in [0.15, 0.2) is 6.29 Å². The second kappa shape index (κ2) is 5.31. The first-order chi connectivity index (χ1) is 8.74. The largest absolute Gasteiger partial charge is 0.494 e. The highest BCUT2D eigenvalue weighted by molar-refractivity contribution is 5.75. The van der Waals surface area contributed by atoms with E-state index in [2.05, 4.69) is 4.98 Å². The molecular formula is C14H13NO3. The topological polar surface area (TPSA) is 59.2 Å². The fraction of sp³-hybridized carbons (Fsp3) is 0.143. The molecule has 4 nitrogen and oxygen atoms in total. The molecule has 0 aliphatic carbocycles. The number of H-pyrrole nitrogens is 1. The van der Waals surface area contributed by atoms with Crippen molar-refractivity contribution in [1.29, 1.82) is 0 Å². The van der Waals surface area contributed by atoms with E-state index in [1.807, 2.05) is 31.2 Å². The molecule has 1 heterocycles. The number of nitrogens with one attached hydrogen (secondary N) is 1. The maximum absolute atomic E-state index is 11.5. The van der Waals surface area contributed by atoms with Gasteiger partial charge in [-0.05, 0) is 48.9 Å². The van der Waals surface area contributed by atoms with Crippen molar-refractivity contribution in [3.8, 4) is 17.0 Å². The Bertz CT molecular complexity index is 599. The molecular weight excluding hydrogens is 230 g/mol. The van der Waals surface area contributed by atoms with Crippen molar-refractivity contribution in [2.45, 2.75) is 6.92 Å². The van der Waals surface area contributed by atoms with Crippen LogP contribution >= 0.6 is 0 Å². The van der Waals surface area contributed by atoms with Gasteiger partial charge in [0, 0.05) is 5.69 Å². The molecule has 1 aromatic heterocycles. The van der Waals surface area contributed by atoms with Crippen molar-refractivity contribution in [1.82, 2.24) is 4.98 Å². The molecule has 1 N–H and O–H groups in total. The van der Waals surface area contributed by atoms with Crippen molar-refractivity contribution >= 4 is 6.29 Å². The molecule has 18 heavy (non-hydrogen) atoms. The van der Waals surface area contributed by atoms with E-state index < -0.39 is 0 Å². The van der Waals surface area contributed by atoms with Gasteiger partial charge in [0.25, 0.3) is 5.56 Å².